The van der Waals surface area contributed by atoms with Crippen LogP contribution in [0.5, 0.6) is 0 Å². The van der Waals surface area contributed by atoms with Crippen LogP contribution in [0.2, 0.25) is 0 Å². The third-order valence-corrected chi connectivity index (χ3v) is 10.2. The van der Waals surface area contributed by atoms with E-state index in [2.05, 4.69) is 83.8 Å². The van der Waals surface area contributed by atoms with E-state index in [1.165, 1.54) is 0 Å². The number of pyridine rings is 3. The van der Waals surface area contributed by atoms with Crippen molar-refractivity contribution in [2.75, 3.05) is 0 Å². The lowest BCUT2D eigenvalue weighted by molar-refractivity contribution is 1.17. The predicted octanol–water partition coefficient (Wildman–Crippen LogP) is 12.5. The zero-order chi connectivity index (χ0) is 40.1. The van der Waals surface area contributed by atoms with Crippen molar-refractivity contribution in [2.24, 2.45) is 0 Å². The Morgan fingerprint density at radius 1 is 0.200 bits per heavy atom. The van der Waals surface area contributed by atoms with Crippen LogP contribution in [0.25, 0.3) is 102 Å². The second-order valence-electron chi connectivity index (χ2n) is 14.2. The van der Waals surface area contributed by atoms with Crippen LogP contribution in [-0.4, -0.2) is 34.9 Å². The molecule has 0 N–H and O–H groups in total. The summed E-state index contributed by atoms with van der Waals surface area (Å²) in [6.07, 6.45) is 3.58. The topological polar surface area (TPSA) is 90.2 Å². The van der Waals surface area contributed by atoms with Gasteiger partial charge in [0.25, 0.3) is 0 Å². The van der Waals surface area contributed by atoms with Gasteiger partial charge >= 0.3 is 0 Å². The fourth-order valence-electron chi connectivity index (χ4n) is 7.18. The number of rotatable bonds is 9. The maximum absolute atomic E-state index is 5.12. The van der Waals surface area contributed by atoms with Crippen molar-refractivity contribution < 1.29 is 0 Å². The average molecular weight is 770 g/mol. The van der Waals surface area contributed by atoms with Crippen LogP contribution in [0.1, 0.15) is 0 Å². The minimum Gasteiger partial charge on any atom is -0.255 e. The van der Waals surface area contributed by atoms with Crippen LogP contribution >= 0.6 is 0 Å². The molecule has 5 heterocycles. The van der Waals surface area contributed by atoms with Crippen LogP contribution < -0.4 is 0 Å². The summed E-state index contributed by atoms with van der Waals surface area (Å²) in [6, 6.07) is 67.2. The number of benzene rings is 5. The molecule has 0 radical (unpaired) electrons. The summed E-state index contributed by atoms with van der Waals surface area (Å²) < 4.78 is 0. The van der Waals surface area contributed by atoms with Gasteiger partial charge in [-0.1, -0.05) is 152 Å². The lowest BCUT2D eigenvalue weighted by Crippen LogP contribution is -1.98. The van der Waals surface area contributed by atoms with Gasteiger partial charge in [0.05, 0.1) is 45.6 Å². The van der Waals surface area contributed by atoms with Gasteiger partial charge in [-0.25, -0.2) is 24.9 Å². The average Bonchev–Trinajstić information content (AvgIpc) is 3.35. The molecule has 5 aromatic carbocycles. The number of hydrogen-bond donors (Lipinski definition) is 0. The van der Waals surface area contributed by atoms with E-state index in [0.717, 1.165) is 78.7 Å². The van der Waals surface area contributed by atoms with E-state index in [0.29, 0.717) is 23.0 Å². The summed E-state index contributed by atoms with van der Waals surface area (Å²) in [7, 11) is 0. The Labute approximate surface area is 347 Å². The van der Waals surface area contributed by atoms with Crippen molar-refractivity contribution in [3.05, 3.63) is 213 Å². The standard InChI is InChI=1S/C53H35N7/c1-5-15-37(16-6-1)45-35-48(58-52(57-45)41-21-11-4-12-22-41)40-26-24-36(25-27-40)43-32-50(44-23-13-14-29-54-44)56-51(33-43)49-31-42(28-30-55-49)53-59-46(38-17-7-2-8-18-38)34-47(60-53)39-19-9-3-10-20-39/h1-35H. The second kappa shape index (κ2) is 16.3. The largest absolute Gasteiger partial charge is 0.255 e. The van der Waals surface area contributed by atoms with Crippen LogP contribution in [0.4, 0.5) is 0 Å². The Bertz CT molecular complexity index is 2940. The van der Waals surface area contributed by atoms with Crippen molar-refractivity contribution in [1.82, 2.24) is 34.9 Å². The second-order valence-corrected chi connectivity index (χ2v) is 14.2. The van der Waals surface area contributed by atoms with E-state index < -0.39 is 0 Å². The van der Waals surface area contributed by atoms with Crippen molar-refractivity contribution in [3.8, 4) is 102 Å². The Balaban J connectivity index is 1.05. The summed E-state index contributed by atoms with van der Waals surface area (Å²) in [6.45, 7) is 0. The molecule has 10 aromatic rings. The minimum absolute atomic E-state index is 0.603. The molecule has 0 amide bonds. The molecule has 7 heteroatoms. The summed E-state index contributed by atoms with van der Waals surface area (Å²) in [4.78, 5) is 34.8. The Morgan fingerprint density at radius 2 is 0.600 bits per heavy atom. The highest BCUT2D eigenvalue weighted by molar-refractivity contribution is 5.79. The molecule has 0 saturated heterocycles. The molecule has 60 heavy (non-hydrogen) atoms. The molecular weight excluding hydrogens is 735 g/mol. The van der Waals surface area contributed by atoms with E-state index in [1.807, 2.05) is 121 Å². The van der Waals surface area contributed by atoms with E-state index >= 15 is 0 Å². The first-order valence-electron chi connectivity index (χ1n) is 19.7. The summed E-state index contributed by atoms with van der Waals surface area (Å²) in [5, 5.41) is 0. The van der Waals surface area contributed by atoms with Crippen molar-refractivity contribution in [2.45, 2.75) is 0 Å². The summed E-state index contributed by atoms with van der Waals surface area (Å²) >= 11 is 0. The fourth-order valence-corrected chi connectivity index (χ4v) is 7.18. The van der Waals surface area contributed by atoms with Gasteiger partial charge in [0, 0.05) is 45.8 Å². The Morgan fingerprint density at radius 3 is 1.10 bits per heavy atom. The molecular formula is C53H35N7. The lowest BCUT2D eigenvalue weighted by atomic mass is 9.99. The highest BCUT2D eigenvalue weighted by atomic mass is 14.9. The summed E-state index contributed by atoms with van der Waals surface area (Å²) in [5.74, 6) is 1.28. The van der Waals surface area contributed by atoms with Gasteiger partial charge < -0.3 is 0 Å². The van der Waals surface area contributed by atoms with E-state index in [-0.39, 0.29) is 0 Å². The first-order valence-corrected chi connectivity index (χ1v) is 19.7. The maximum atomic E-state index is 5.12. The number of aromatic nitrogens is 7. The van der Waals surface area contributed by atoms with Crippen LogP contribution in [0.15, 0.2) is 213 Å². The highest BCUT2D eigenvalue weighted by Gasteiger charge is 2.16. The van der Waals surface area contributed by atoms with Gasteiger partial charge in [-0.2, -0.15) is 0 Å². The Kier molecular flexibility index (Phi) is 9.79. The van der Waals surface area contributed by atoms with Crippen LogP contribution in [-0.2, 0) is 0 Å². The molecule has 0 unspecified atom stereocenters. The zero-order valence-corrected chi connectivity index (χ0v) is 32.3. The highest BCUT2D eigenvalue weighted by Crippen LogP contribution is 2.34. The molecule has 0 atom stereocenters. The van der Waals surface area contributed by atoms with Gasteiger partial charge in [0.2, 0.25) is 0 Å². The number of nitrogens with zero attached hydrogens (tertiary/aromatic N) is 7. The molecule has 5 aromatic heterocycles. The van der Waals surface area contributed by atoms with Gasteiger partial charge in [-0.15, -0.1) is 0 Å². The van der Waals surface area contributed by atoms with E-state index in [9.17, 15) is 0 Å². The first-order chi connectivity index (χ1) is 29.7. The quantitative estimate of drug-likeness (QED) is 0.144. The van der Waals surface area contributed by atoms with Crippen molar-refractivity contribution >= 4 is 0 Å². The molecule has 10 rings (SSSR count). The molecule has 0 fully saturated rings. The third kappa shape index (κ3) is 7.71. The fraction of sp³-hybridized carbons (Fsp3) is 0. The van der Waals surface area contributed by atoms with E-state index in [1.54, 1.807) is 12.4 Å². The van der Waals surface area contributed by atoms with Gasteiger partial charge in [-0.3, -0.25) is 9.97 Å². The normalized spacial score (nSPS) is 11.0. The molecule has 0 aliphatic rings. The van der Waals surface area contributed by atoms with Crippen LogP contribution in [0.3, 0.4) is 0 Å². The SMILES string of the molecule is c1ccc(-c2cc(-c3ccc(-c4cc(-c5ccccn5)nc(-c5cc(-c6nc(-c7ccccc7)cc(-c7ccccc7)n6)ccn5)c4)cc3)nc(-c3ccccc3)n2)cc1. The molecule has 7 nitrogen and oxygen atoms in total. The monoisotopic (exact) mass is 769 g/mol. The third-order valence-electron chi connectivity index (χ3n) is 10.2. The lowest BCUT2D eigenvalue weighted by Gasteiger charge is -2.12. The number of hydrogen-bond acceptors (Lipinski definition) is 7. The van der Waals surface area contributed by atoms with Crippen molar-refractivity contribution in [3.63, 3.8) is 0 Å². The minimum atomic E-state index is 0.603. The molecule has 0 aliphatic heterocycles. The molecule has 0 bridgehead atoms. The van der Waals surface area contributed by atoms with Gasteiger partial charge in [0.15, 0.2) is 11.6 Å². The smallest absolute Gasteiger partial charge is 0.160 e. The molecule has 0 saturated carbocycles. The first kappa shape index (κ1) is 36.1. The molecule has 0 spiro atoms. The Hall–Kier alpha value is -8.29. The van der Waals surface area contributed by atoms with Crippen molar-refractivity contribution in [1.29, 1.82) is 0 Å². The van der Waals surface area contributed by atoms with Gasteiger partial charge in [-0.05, 0) is 59.7 Å². The zero-order valence-electron chi connectivity index (χ0n) is 32.3. The van der Waals surface area contributed by atoms with Crippen LogP contribution in [0, 0.1) is 0 Å². The maximum Gasteiger partial charge on any atom is 0.160 e. The molecule has 0 aliphatic carbocycles. The molecule has 282 valence electrons. The van der Waals surface area contributed by atoms with Gasteiger partial charge in [0.1, 0.15) is 0 Å². The summed E-state index contributed by atoms with van der Waals surface area (Å²) in [5.41, 5.74) is 14.1. The predicted molar refractivity (Wildman–Crippen MR) is 240 cm³/mol. The van der Waals surface area contributed by atoms with E-state index in [4.69, 9.17) is 29.9 Å².